The van der Waals surface area contributed by atoms with E-state index in [9.17, 15) is 27.9 Å². The van der Waals surface area contributed by atoms with E-state index in [2.05, 4.69) is 20.9 Å². The van der Waals surface area contributed by atoms with Crippen molar-refractivity contribution in [1.29, 1.82) is 0 Å². The lowest BCUT2D eigenvalue weighted by molar-refractivity contribution is -0.139. The van der Waals surface area contributed by atoms with Crippen LogP contribution in [0.15, 0.2) is 101 Å². The molecule has 1 aromatic heterocycles. The molecular formula is C28H22Cl2N4O6S. The third-order valence-electron chi connectivity index (χ3n) is 5.81. The summed E-state index contributed by atoms with van der Waals surface area (Å²) < 4.78 is 26.2. The maximum absolute atomic E-state index is 13.1. The number of nitrogens with zero attached hydrogens (tertiary/aromatic N) is 1. The van der Waals surface area contributed by atoms with Crippen LogP contribution in [0, 0.1) is 0 Å². The summed E-state index contributed by atoms with van der Waals surface area (Å²) in [5.74, 6) is -1.85. The van der Waals surface area contributed by atoms with E-state index in [4.69, 9.17) is 23.2 Å². The van der Waals surface area contributed by atoms with Crippen molar-refractivity contribution in [2.24, 2.45) is 0 Å². The molecule has 3 amide bonds. The highest BCUT2D eigenvalue weighted by Crippen LogP contribution is 2.28. The summed E-state index contributed by atoms with van der Waals surface area (Å²) in [5.41, 5.74) is 0.999. The van der Waals surface area contributed by atoms with Gasteiger partial charge in [0.25, 0.3) is 5.91 Å². The number of halogens is 2. The Balaban J connectivity index is 1.43. The molecule has 0 radical (unpaired) electrons. The van der Waals surface area contributed by atoms with Crippen molar-refractivity contribution in [3.05, 3.63) is 112 Å². The van der Waals surface area contributed by atoms with Gasteiger partial charge in [0.2, 0.25) is 9.84 Å². The first-order valence-electron chi connectivity index (χ1n) is 11.9. The van der Waals surface area contributed by atoms with Gasteiger partial charge in [0, 0.05) is 24.5 Å². The van der Waals surface area contributed by atoms with Crippen molar-refractivity contribution >= 4 is 62.3 Å². The molecule has 41 heavy (non-hydrogen) atoms. The molecule has 3 aromatic carbocycles. The van der Waals surface area contributed by atoms with Gasteiger partial charge in [-0.2, -0.15) is 0 Å². The summed E-state index contributed by atoms with van der Waals surface area (Å²) in [6, 6.07) is 17.6. The number of urea groups is 1. The van der Waals surface area contributed by atoms with Crippen molar-refractivity contribution in [3.8, 4) is 0 Å². The van der Waals surface area contributed by atoms with Crippen LogP contribution in [-0.4, -0.2) is 42.5 Å². The van der Waals surface area contributed by atoms with E-state index in [0.717, 1.165) is 0 Å². The second kappa shape index (κ2) is 12.8. The number of nitrogens with one attached hydrogen (secondary N) is 3. The minimum Gasteiger partial charge on any atom is -0.480 e. The van der Waals surface area contributed by atoms with E-state index < -0.39 is 33.8 Å². The van der Waals surface area contributed by atoms with Crippen LogP contribution in [0.1, 0.15) is 15.9 Å². The third-order valence-corrected chi connectivity index (χ3v) is 8.21. The summed E-state index contributed by atoms with van der Waals surface area (Å²) in [7, 11) is -3.95. The Morgan fingerprint density at radius 1 is 0.829 bits per heavy atom. The van der Waals surface area contributed by atoms with Gasteiger partial charge >= 0.3 is 12.0 Å². The van der Waals surface area contributed by atoms with Gasteiger partial charge in [-0.25, -0.2) is 18.0 Å². The highest BCUT2D eigenvalue weighted by molar-refractivity contribution is 7.91. The molecule has 1 atom stereocenters. The zero-order valence-electron chi connectivity index (χ0n) is 21.0. The first kappa shape index (κ1) is 29.5. The SMILES string of the molecule is O=C(Nc1ccccc1S(=O)(=O)c1ccccc1)N[C@@H](Cc1ccc(NC(=O)c2c(Cl)cncc2Cl)cc1)C(=O)O. The minimum absolute atomic E-state index is 0.00695. The summed E-state index contributed by atoms with van der Waals surface area (Å²) >= 11 is 12.0. The smallest absolute Gasteiger partial charge is 0.326 e. The number of aliphatic carboxylic acids is 1. The maximum atomic E-state index is 13.1. The Hall–Kier alpha value is -4.45. The Bertz CT molecular complexity index is 1680. The molecule has 0 unspecified atom stereocenters. The molecule has 10 nitrogen and oxygen atoms in total. The zero-order valence-corrected chi connectivity index (χ0v) is 23.4. The van der Waals surface area contributed by atoms with E-state index in [0.29, 0.717) is 11.3 Å². The topological polar surface area (TPSA) is 155 Å². The number of carboxylic acids is 1. The number of aromatic nitrogens is 1. The molecule has 0 saturated carbocycles. The van der Waals surface area contributed by atoms with Crippen LogP contribution in [0.25, 0.3) is 0 Å². The van der Waals surface area contributed by atoms with Gasteiger partial charge in [0.05, 0.1) is 31.1 Å². The van der Waals surface area contributed by atoms with Crippen LogP contribution >= 0.6 is 23.2 Å². The van der Waals surface area contributed by atoms with Crippen molar-refractivity contribution in [2.45, 2.75) is 22.3 Å². The van der Waals surface area contributed by atoms with Crippen molar-refractivity contribution in [3.63, 3.8) is 0 Å². The molecule has 4 aromatic rings. The van der Waals surface area contributed by atoms with Gasteiger partial charge in [-0.15, -0.1) is 0 Å². The van der Waals surface area contributed by atoms with Crippen LogP contribution in [0.3, 0.4) is 0 Å². The molecule has 4 rings (SSSR count). The number of anilines is 2. The molecule has 0 aliphatic carbocycles. The average Bonchev–Trinajstić information content (AvgIpc) is 2.94. The first-order valence-corrected chi connectivity index (χ1v) is 14.2. The quantitative estimate of drug-likeness (QED) is 0.200. The van der Waals surface area contributed by atoms with Gasteiger partial charge in [-0.05, 0) is 42.0 Å². The highest BCUT2D eigenvalue weighted by Gasteiger charge is 2.24. The number of amides is 3. The molecule has 0 spiro atoms. The standard InChI is InChI=1S/C28H22Cl2N4O6S/c29-20-15-31-16-21(30)25(20)26(35)32-18-12-10-17(11-13-18)14-23(27(36)37)34-28(38)33-22-8-4-5-9-24(22)41(39,40)19-6-2-1-3-7-19/h1-13,15-16,23H,14H2,(H,32,35)(H,36,37)(H2,33,34,38)/t23-/m0/s1. The lowest BCUT2D eigenvalue weighted by Crippen LogP contribution is -2.44. The van der Waals surface area contributed by atoms with Crippen LogP contribution in [0.4, 0.5) is 16.2 Å². The van der Waals surface area contributed by atoms with E-state index >= 15 is 0 Å². The summed E-state index contributed by atoms with van der Waals surface area (Å²) in [6.07, 6.45) is 2.49. The number of benzene rings is 3. The Morgan fingerprint density at radius 3 is 2.07 bits per heavy atom. The van der Waals surface area contributed by atoms with E-state index in [-0.39, 0.29) is 37.5 Å². The van der Waals surface area contributed by atoms with Crippen LogP contribution in [-0.2, 0) is 21.1 Å². The fourth-order valence-electron chi connectivity index (χ4n) is 3.83. The normalized spacial score (nSPS) is 11.8. The van der Waals surface area contributed by atoms with Crippen LogP contribution in [0.2, 0.25) is 10.0 Å². The number of carbonyl (C=O) groups is 3. The molecule has 0 aliphatic rings. The molecule has 0 aliphatic heterocycles. The first-order chi connectivity index (χ1) is 19.6. The third kappa shape index (κ3) is 7.20. The van der Waals surface area contributed by atoms with Gasteiger partial charge in [-0.1, -0.05) is 65.7 Å². The van der Waals surface area contributed by atoms with Gasteiger partial charge in [-0.3, -0.25) is 9.78 Å². The number of sulfone groups is 1. The molecule has 13 heteroatoms. The van der Waals surface area contributed by atoms with Gasteiger partial charge in [0.1, 0.15) is 6.04 Å². The second-order valence-corrected chi connectivity index (χ2v) is 11.4. The highest BCUT2D eigenvalue weighted by atomic mass is 35.5. The lowest BCUT2D eigenvalue weighted by atomic mass is 10.1. The number of hydrogen-bond acceptors (Lipinski definition) is 6. The maximum Gasteiger partial charge on any atom is 0.326 e. The number of carboxylic acid groups (broad SMARTS) is 1. The monoisotopic (exact) mass is 612 g/mol. The van der Waals surface area contributed by atoms with E-state index in [1.807, 2.05) is 0 Å². The predicted octanol–water partition coefficient (Wildman–Crippen LogP) is 5.29. The zero-order chi connectivity index (χ0) is 29.6. The average molecular weight is 613 g/mol. The number of pyridine rings is 1. The largest absolute Gasteiger partial charge is 0.480 e. The van der Waals surface area contributed by atoms with E-state index in [1.165, 1.54) is 42.7 Å². The molecule has 0 saturated heterocycles. The number of para-hydroxylation sites is 1. The van der Waals surface area contributed by atoms with Crippen LogP contribution < -0.4 is 16.0 Å². The lowest BCUT2D eigenvalue weighted by Gasteiger charge is -2.17. The molecule has 4 N–H and O–H groups in total. The number of rotatable bonds is 9. The van der Waals surface area contributed by atoms with Crippen molar-refractivity contribution in [2.75, 3.05) is 10.6 Å². The molecule has 0 bridgehead atoms. The minimum atomic E-state index is -3.95. The van der Waals surface area contributed by atoms with Crippen LogP contribution in [0.5, 0.6) is 0 Å². The Morgan fingerprint density at radius 2 is 1.44 bits per heavy atom. The van der Waals surface area contributed by atoms with Gasteiger partial charge in [0.15, 0.2) is 0 Å². The number of carbonyl (C=O) groups excluding carboxylic acids is 2. The second-order valence-electron chi connectivity index (χ2n) is 8.64. The summed E-state index contributed by atoms with van der Waals surface area (Å²) in [5, 5.41) is 17.3. The predicted molar refractivity (Wildman–Crippen MR) is 154 cm³/mol. The fourth-order valence-corrected chi connectivity index (χ4v) is 5.80. The Kier molecular flexibility index (Phi) is 9.23. The summed E-state index contributed by atoms with van der Waals surface area (Å²) in [6.45, 7) is 0. The fraction of sp³-hybridized carbons (Fsp3) is 0.0714. The summed E-state index contributed by atoms with van der Waals surface area (Å²) in [4.78, 5) is 40.9. The Labute approximate surface area is 245 Å². The van der Waals surface area contributed by atoms with Crippen molar-refractivity contribution < 1.29 is 27.9 Å². The van der Waals surface area contributed by atoms with E-state index in [1.54, 1.807) is 48.5 Å². The molecule has 210 valence electrons. The molecular weight excluding hydrogens is 591 g/mol. The van der Waals surface area contributed by atoms with Gasteiger partial charge < -0.3 is 21.1 Å². The molecule has 1 heterocycles. The van der Waals surface area contributed by atoms with Crippen molar-refractivity contribution in [1.82, 2.24) is 10.3 Å². The number of hydrogen-bond donors (Lipinski definition) is 4. The molecule has 0 fully saturated rings.